The van der Waals surface area contributed by atoms with E-state index in [1.807, 2.05) is 25.1 Å². The molecule has 2 heterocycles. The van der Waals surface area contributed by atoms with E-state index in [9.17, 15) is 10.1 Å². The van der Waals surface area contributed by atoms with Crippen molar-refractivity contribution in [2.24, 2.45) is 10.7 Å². The average Bonchev–Trinajstić information content (AvgIpc) is 2.91. The predicted molar refractivity (Wildman–Crippen MR) is 100 cm³/mol. The molecule has 8 heteroatoms. The van der Waals surface area contributed by atoms with Crippen molar-refractivity contribution in [2.45, 2.75) is 19.9 Å². The number of nitrogens with two attached hydrogens (primary N) is 1. The molecule has 0 unspecified atom stereocenters. The monoisotopic (exact) mass is 418 g/mol. The topological polar surface area (TPSA) is 91.7 Å². The lowest BCUT2D eigenvalue weighted by molar-refractivity contribution is -0.136. The molecule has 2 aliphatic heterocycles. The molecule has 0 radical (unpaired) electrons. The van der Waals surface area contributed by atoms with Gasteiger partial charge in [-0.2, -0.15) is 5.26 Å². The minimum atomic E-state index is -0.504. The fourth-order valence-electron chi connectivity index (χ4n) is 2.81. The lowest BCUT2D eigenvalue weighted by Crippen LogP contribution is -2.38. The number of thioether (sulfide) groups is 1. The number of halogens is 1. The highest BCUT2D eigenvalue weighted by atomic mass is 79.9. The largest absolute Gasteiger partial charge is 0.466 e. The number of amidine groups is 1. The lowest BCUT2D eigenvalue weighted by atomic mass is 9.94. The highest BCUT2D eigenvalue weighted by Crippen LogP contribution is 2.45. The second-order valence-electron chi connectivity index (χ2n) is 5.59. The van der Waals surface area contributed by atoms with Crippen LogP contribution in [0.15, 0.2) is 49.7 Å². The zero-order chi connectivity index (χ0) is 18.3. The molecule has 6 nitrogen and oxygen atoms in total. The van der Waals surface area contributed by atoms with E-state index in [1.165, 1.54) is 18.9 Å². The minimum Gasteiger partial charge on any atom is -0.466 e. The van der Waals surface area contributed by atoms with Crippen molar-refractivity contribution in [2.75, 3.05) is 7.11 Å². The number of aryl methyl sites for hydroxylation is 1. The molecule has 0 aromatic heterocycles. The SMILES string of the molecule is COC(=O)C1=C(C)N=C2SC(C#N)=C(N)N2[C@H]1c1ccc(C)c(Br)c1. The lowest BCUT2D eigenvalue weighted by Gasteiger charge is -2.34. The molecule has 0 amide bonds. The van der Waals surface area contributed by atoms with Gasteiger partial charge in [0.1, 0.15) is 16.8 Å². The van der Waals surface area contributed by atoms with Crippen molar-refractivity contribution in [3.05, 3.63) is 55.8 Å². The Kier molecular flexibility index (Phi) is 4.62. The maximum absolute atomic E-state index is 12.4. The van der Waals surface area contributed by atoms with Crippen molar-refractivity contribution in [3.63, 3.8) is 0 Å². The van der Waals surface area contributed by atoms with Crippen LogP contribution in [0.25, 0.3) is 0 Å². The third-order valence-corrected chi connectivity index (χ3v) is 5.92. The van der Waals surface area contributed by atoms with Crippen LogP contribution in [-0.4, -0.2) is 23.1 Å². The highest BCUT2D eigenvalue weighted by molar-refractivity contribution is 9.10. The number of aliphatic imine (C=N–C) groups is 1. The third-order valence-electron chi connectivity index (χ3n) is 4.09. The van der Waals surface area contributed by atoms with Gasteiger partial charge in [0.05, 0.1) is 24.4 Å². The number of nitrogens with zero attached hydrogens (tertiary/aromatic N) is 3. The summed E-state index contributed by atoms with van der Waals surface area (Å²) in [5, 5.41) is 9.89. The van der Waals surface area contributed by atoms with Crippen LogP contribution < -0.4 is 5.73 Å². The molecule has 0 bridgehead atoms. The summed E-state index contributed by atoms with van der Waals surface area (Å²) >= 11 is 4.74. The number of esters is 1. The fourth-order valence-corrected chi connectivity index (χ4v) is 4.12. The molecule has 0 fully saturated rings. The summed E-state index contributed by atoms with van der Waals surface area (Å²) in [6.45, 7) is 3.74. The van der Waals surface area contributed by atoms with E-state index in [-0.39, 0.29) is 0 Å². The molecular formula is C17H15BrN4O2S. The number of nitriles is 1. The van der Waals surface area contributed by atoms with E-state index in [0.717, 1.165) is 15.6 Å². The maximum atomic E-state index is 12.4. The molecule has 1 aromatic rings. The second-order valence-corrected chi connectivity index (χ2v) is 7.43. The first-order valence-corrected chi connectivity index (χ1v) is 9.00. The smallest absolute Gasteiger partial charge is 0.338 e. The third kappa shape index (κ3) is 2.83. The summed E-state index contributed by atoms with van der Waals surface area (Å²) < 4.78 is 5.89. The van der Waals surface area contributed by atoms with Crippen LogP contribution in [0.1, 0.15) is 24.1 Å². The van der Waals surface area contributed by atoms with Crippen molar-refractivity contribution < 1.29 is 9.53 Å². The van der Waals surface area contributed by atoms with Crippen LogP contribution in [-0.2, 0) is 9.53 Å². The normalized spacial score (nSPS) is 19.6. The van der Waals surface area contributed by atoms with Gasteiger partial charge in [-0.05, 0) is 42.8 Å². The van der Waals surface area contributed by atoms with Gasteiger partial charge < -0.3 is 10.5 Å². The van der Waals surface area contributed by atoms with Gasteiger partial charge in [0.2, 0.25) is 0 Å². The summed E-state index contributed by atoms with van der Waals surface area (Å²) in [5.74, 6) is -0.174. The first-order valence-electron chi connectivity index (χ1n) is 7.39. The molecule has 128 valence electrons. The summed E-state index contributed by atoms with van der Waals surface area (Å²) in [6, 6.07) is 7.43. The predicted octanol–water partition coefficient (Wildman–Crippen LogP) is 3.32. The van der Waals surface area contributed by atoms with Crippen LogP contribution in [0.5, 0.6) is 0 Å². The summed E-state index contributed by atoms with van der Waals surface area (Å²) in [4.78, 5) is 19.0. The number of carbonyl (C=O) groups excluding carboxylic acids is 1. The van der Waals surface area contributed by atoms with Crippen LogP contribution in [0.4, 0.5) is 0 Å². The zero-order valence-electron chi connectivity index (χ0n) is 13.8. The van der Waals surface area contributed by atoms with Crippen molar-refractivity contribution in [1.82, 2.24) is 4.90 Å². The minimum absolute atomic E-state index is 0.293. The van der Waals surface area contributed by atoms with E-state index in [4.69, 9.17) is 10.5 Å². The first kappa shape index (κ1) is 17.6. The van der Waals surface area contributed by atoms with Gasteiger partial charge in [-0.3, -0.25) is 4.90 Å². The van der Waals surface area contributed by atoms with Crippen molar-refractivity contribution in [1.29, 1.82) is 5.26 Å². The van der Waals surface area contributed by atoms with E-state index < -0.39 is 12.0 Å². The van der Waals surface area contributed by atoms with Crippen LogP contribution in [0.2, 0.25) is 0 Å². The molecule has 3 rings (SSSR count). The number of hydrogen-bond donors (Lipinski definition) is 1. The van der Waals surface area contributed by atoms with Gasteiger partial charge in [-0.15, -0.1) is 0 Å². The fraction of sp³-hybridized carbons (Fsp3) is 0.235. The van der Waals surface area contributed by atoms with E-state index >= 15 is 0 Å². The molecule has 0 aliphatic carbocycles. The number of allylic oxidation sites excluding steroid dienone is 2. The Morgan fingerprint density at radius 2 is 2.20 bits per heavy atom. The maximum Gasteiger partial charge on any atom is 0.338 e. The number of ether oxygens (including phenoxy) is 1. The first-order chi connectivity index (χ1) is 11.9. The standard InChI is InChI=1S/C17H15BrN4O2S/c1-8-4-5-10(6-11(8)18)14-13(16(23)24-3)9(2)21-17-22(14)15(20)12(7-19)25-17/h4-6,14H,20H2,1-3H3/t14-/m0/s1. The van der Waals surface area contributed by atoms with Crippen LogP contribution >= 0.6 is 27.7 Å². The van der Waals surface area contributed by atoms with E-state index in [0.29, 0.717) is 27.2 Å². The number of methoxy groups -OCH3 is 1. The average molecular weight is 419 g/mol. The Labute approximate surface area is 158 Å². The molecule has 0 saturated carbocycles. The number of benzene rings is 1. The Bertz CT molecular complexity index is 914. The summed E-state index contributed by atoms with van der Waals surface area (Å²) in [7, 11) is 1.34. The Balaban J connectivity index is 2.23. The summed E-state index contributed by atoms with van der Waals surface area (Å²) in [6.07, 6.45) is 0. The number of carbonyl (C=O) groups is 1. The second kappa shape index (κ2) is 6.58. The molecule has 1 atom stereocenters. The van der Waals surface area contributed by atoms with Gasteiger partial charge in [0.25, 0.3) is 0 Å². The Morgan fingerprint density at radius 1 is 1.48 bits per heavy atom. The molecule has 0 spiro atoms. The van der Waals surface area contributed by atoms with Crippen LogP contribution in [0, 0.1) is 18.3 Å². The molecule has 2 aliphatic rings. The number of hydrogen-bond acceptors (Lipinski definition) is 7. The molecular weight excluding hydrogens is 404 g/mol. The molecule has 0 saturated heterocycles. The van der Waals surface area contributed by atoms with Gasteiger partial charge in [0, 0.05) is 4.47 Å². The Hall–Kier alpha value is -2.24. The van der Waals surface area contributed by atoms with Crippen molar-refractivity contribution >= 4 is 38.8 Å². The Morgan fingerprint density at radius 3 is 2.80 bits per heavy atom. The van der Waals surface area contributed by atoms with Gasteiger partial charge in [-0.25, -0.2) is 9.79 Å². The molecule has 25 heavy (non-hydrogen) atoms. The van der Waals surface area contributed by atoms with Crippen molar-refractivity contribution in [3.8, 4) is 6.07 Å². The molecule has 2 N–H and O–H groups in total. The van der Waals surface area contributed by atoms with Gasteiger partial charge in [0.15, 0.2) is 5.17 Å². The zero-order valence-corrected chi connectivity index (χ0v) is 16.2. The van der Waals surface area contributed by atoms with Crippen LogP contribution in [0.3, 0.4) is 0 Å². The van der Waals surface area contributed by atoms with E-state index in [1.54, 1.807) is 11.8 Å². The van der Waals surface area contributed by atoms with Gasteiger partial charge >= 0.3 is 5.97 Å². The summed E-state index contributed by atoms with van der Waals surface area (Å²) in [5.41, 5.74) is 9.07. The molecule has 1 aromatic carbocycles. The quantitative estimate of drug-likeness (QED) is 0.740. The number of rotatable bonds is 2. The van der Waals surface area contributed by atoms with Gasteiger partial charge in [-0.1, -0.05) is 28.1 Å². The highest BCUT2D eigenvalue weighted by Gasteiger charge is 2.42. The number of fused-ring (bicyclic) bond motifs is 1. The van der Waals surface area contributed by atoms with E-state index in [2.05, 4.69) is 27.0 Å².